The van der Waals surface area contributed by atoms with Crippen LogP contribution in [0.2, 0.25) is 0 Å². The molecule has 2 aromatic heterocycles. The topological polar surface area (TPSA) is 71.1 Å². The van der Waals surface area contributed by atoms with Crippen molar-refractivity contribution in [2.24, 2.45) is 5.92 Å². The number of halogens is 1. The summed E-state index contributed by atoms with van der Waals surface area (Å²) in [6.45, 7) is 5.68. The van der Waals surface area contributed by atoms with E-state index in [0.29, 0.717) is 25.6 Å². The number of hydrogen-bond acceptors (Lipinski definition) is 4. The summed E-state index contributed by atoms with van der Waals surface area (Å²) < 4.78 is 6.23. The van der Waals surface area contributed by atoms with Gasteiger partial charge in [0.15, 0.2) is 0 Å². The van der Waals surface area contributed by atoms with Crippen LogP contribution in [-0.4, -0.2) is 45.6 Å². The third-order valence-electron chi connectivity index (χ3n) is 3.73. The maximum absolute atomic E-state index is 12.0. The molecule has 3 rings (SSSR count). The highest BCUT2D eigenvalue weighted by molar-refractivity contribution is 9.10. The number of hydrogen-bond donors (Lipinski definition) is 1. The Balaban J connectivity index is 1.76. The highest BCUT2D eigenvalue weighted by Gasteiger charge is 2.21. The van der Waals surface area contributed by atoms with Gasteiger partial charge in [0, 0.05) is 23.8 Å². The Labute approximate surface area is 143 Å². The molecular formula is C16H19BrN4O2. The van der Waals surface area contributed by atoms with Gasteiger partial charge < -0.3 is 14.6 Å². The average molecular weight is 379 g/mol. The number of fused-ring (bicyclic) bond motifs is 1. The van der Waals surface area contributed by atoms with Crippen LogP contribution in [0.1, 0.15) is 26.0 Å². The molecule has 7 heteroatoms. The van der Waals surface area contributed by atoms with Gasteiger partial charge in [0.05, 0.1) is 17.7 Å². The van der Waals surface area contributed by atoms with Gasteiger partial charge in [-0.3, -0.25) is 0 Å². The summed E-state index contributed by atoms with van der Waals surface area (Å²) in [4.78, 5) is 25.5. The largest absolute Gasteiger partial charge is 0.449 e. The fraction of sp³-hybridized carbons (Fsp3) is 0.438. The van der Waals surface area contributed by atoms with Crippen molar-refractivity contribution < 1.29 is 9.53 Å². The lowest BCUT2D eigenvalue weighted by Crippen LogP contribution is -2.35. The predicted molar refractivity (Wildman–Crippen MR) is 91.9 cm³/mol. The first-order valence-electron chi connectivity index (χ1n) is 7.65. The summed E-state index contributed by atoms with van der Waals surface area (Å²) in [5.74, 6) is 0.343. The molecule has 23 heavy (non-hydrogen) atoms. The van der Waals surface area contributed by atoms with Crippen molar-refractivity contribution in [3.63, 3.8) is 0 Å². The molecular weight excluding hydrogens is 360 g/mol. The molecule has 1 amide bonds. The number of carbonyl (C=O) groups is 1. The summed E-state index contributed by atoms with van der Waals surface area (Å²) in [5.41, 5.74) is 2.85. The Morgan fingerprint density at radius 3 is 3.00 bits per heavy atom. The molecule has 1 aliphatic heterocycles. The van der Waals surface area contributed by atoms with Crippen molar-refractivity contribution in [2.75, 3.05) is 19.7 Å². The standard InChI is InChI=1S/C16H19BrN4O2/c1-10(2)8-23-16(22)21-5-3-11(4-6-21)14-13-12(17)7-18-15(13)20-9-19-14/h3,7,9-10H,4-6,8H2,1-2H3,(H,18,19,20). The fourth-order valence-corrected chi connectivity index (χ4v) is 3.04. The Hall–Kier alpha value is -1.89. The lowest BCUT2D eigenvalue weighted by Gasteiger charge is -2.26. The van der Waals surface area contributed by atoms with Crippen LogP contribution in [0.3, 0.4) is 0 Å². The zero-order valence-electron chi connectivity index (χ0n) is 13.2. The van der Waals surface area contributed by atoms with E-state index in [4.69, 9.17) is 4.74 Å². The van der Waals surface area contributed by atoms with E-state index in [1.165, 1.54) is 0 Å². The number of nitrogens with one attached hydrogen (secondary N) is 1. The number of carbonyl (C=O) groups excluding carboxylic acids is 1. The minimum absolute atomic E-state index is 0.246. The molecule has 0 fully saturated rings. The van der Waals surface area contributed by atoms with Crippen molar-refractivity contribution >= 4 is 38.6 Å². The predicted octanol–water partition coefficient (Wildman–Crippen LogP) is 3.60. The van der Waals surface area contributed by atoms with Gasteiger partial charge in [-0.05, 0) is 33.8 Å². The van der Waals surface area contributed by atoms with Crippen LogP contribution in [0.4, 0.5) is 4.79 Å². The molecule has 0 bridgehead atoms. The lowest BCUT2D eigenvalue weighted by atomic mass is 10.0. The molecule has 1 N–H and O–H groups in total. The van der Waals surface area contributed by atoms with Crippen LogP contribution < -0.4 is 0 Å². The zero-order chi connectivity index (χ0) is 16.4. The number of amides is 1. The van der Waals surface area contributed by atoms with Gasteiger partial charge in [-0.1, -0.05) is 19.9 Å². The highest BCUT2D eigenvalue weighted by Crippen LogP contribution is 2.31. The summed E-state index contributed by atoms with van der Waals surface area (Å²) in [6.07, 6.45) is 5.97. The van der Waals surface area contributed by atoms with Crippen LogP contribution in [0.25, 0.3) is 16.6 Å². The molecule has 0 atom stereocenters. The van der Waals surface area contributed by atoms with Crippen LogP contribution >= 0.6 is 15.9 Å². The molecule has 0 aromatic carbocycles. The Morgan fingerprint density at radius 2 is 2.30 bits per heavy atom. The number of aromatic amines is 1. The van der Waals surface area contributed by atoms with Crippen molar-refractivity contribution in [3.05, 3.63) is 28.8 Å². The van der Waals surface area contributed by atoms with Crippen molar-refractivity contribution in [1.82, 2.24) is 19.9 Å². The molecule has 0 spiro atoms. The van der Waals surface area contributed by atoms with E-state index < -0.39 is 0 Å². The molecule has 0 saturated heterocycles. The molecule has 0 unspecified atom stereocenters. The third kappa shape index (κ3) is 3.39. The van der Waals surface area contributed by atoms with Gasteiger partial charge in [-0.15, -0.1) is 0 Å². The maximum Gasteiger partial charge on any atom is 0.410 e. The number of nitrogens with zero attached hydrogens (tertiary/aromatic N) is 3. The Morgan fingerprint density at radius 1 is 1.48 bits per heavy atom. The number of H-pyrrole nitrogens is 1. The molecule has 3 heterocycles. The SMILES string of the molecule is CC(C)COC(=O)N1CC=C(c2ncnc3[nH]cc(Br)c23)CC1. The molecule has 0 saturated carbocycles. The van der Waals surface area contributed by atoms with Gasteiger partial charge in [0.2, 0.25) is 0 Å². The van der Waals surface area contributed by atoms with Gasteiger partial charge in [0.1, 0.15) is 12.0 Å². The monoisotopic (exact) mass is 378 g/mol. The number of aromatic nitrogens is 3. The van der Waals surface area contributed by atoms with Crippen molar-refractivity contribution in [2.45, 2.75) is 20.3 Å². The van der Waals surface area contributed by atoms with E-state index in [9.17, 15) is 4.79 Å². The van der Waals surface area contributed by atoms with E-state index in [0.717, 1.165) is 33.2 Å². The quantitative estimate of drug-likeness (QED) is 0.885. The number of rotatable bonds is 3. The summed E-state index contributed by atoms with van der Waals surface area (Å²) in [5, 5.41) is 0.981. The lowest BCUT2D eigenvalue weighted by molar-refractivity contribution is 0.0954. The van der Waals surface area contributed by atoms with Crippen LogP contribution in [-0.2, 0) is 4.74 Å². The smallest absolute Gasteiger partial charge is 0.410 e. The normalized spacial score (nSPS) is 15.1. The Bertz CT molecular complexity index is 754. The second kappa shape index (κ2) is 6.70. The van der Waals surface area contributed by atoms with Crippen LogP contribution in [0, 0.1) is 5.92 Å². The maximum atomic E-state index is 12.0. The third-order valence-corrected chi connectivity index (χ3v) is 4.36. The van der Waals surface area contributed by atoms with E-state index >= 15 is 0 Å². The minimum Gasteiger partial charge on any atom is -0.449 e. The summed E-state index contributed by atoms with van der Waals surface area (Å²) in [7, 11) is 0. The molecule has 122 valence electrons. The summed E-state index contributed by atoms with van der Waals surface area (Å²) in [6, 6.07) is 0. The molecule has 6 nitrogen and oxygen atoms in total. The van der Waals surface area contributed by atoms with E-state index in [1.807, 2.05) is 26.1 Å². The van der Waals surface area contributed by atoms with Gasteiger partial charge in [-0.25, -0.2) is 14.8 Å². The zero-order valence-corrected chi connectivity index (χ0v) is 14.8. The van der Waals surface area contributed by atoms with Crippen molar-refractivity contribution in [3.8, 4) is 0 Å². The second-order valence-electron chi connectivity index (χ2n) is 5.98. The molecule has 0 radical (unpaired) electrons. The van der Waals surface area contributed by atoms with E-state index in [1.54, 1.807) is 11.2 Å². The first-order valence-corrected chi connectivity index (χ1v) is 8.44. The van der Waals surface area contributed by atoms with Crippen LogP contribution in [0.5, 0.6) is 0 Å². The second-order valence-corrected chi connectivity index (χ2v) is 6.83. The average Bonchev–Trinajstić information content (AvgIpc) is 2.94. The minimum atomic E-state index is -0.246. The van der Waals surface area contributed by atoms with Gasteiger partial charge in [-0.2, -0.15) is 0 Å². The van der Waals surface area contributed by atoms with E-state index in [-0.39, 0.29) is 6.09 Å². The first kappa shape index (κ1) is 16.0. The van der Waals surface area contributed by atoms with Crippen LogP contribution in [0.15, 0.2) is 23.1 Å². The van der Waals surface area contributed by atoms with Gasteiger partial charge in [0.25, 0.3) is 0 Å². The molecule has 2 aromatic rings. The van der Waals surface area contributed by atoms with Gasteiger partial charge >= 0.3 is 6.09 Å². The van der Waals surface area contributed by atoms with E-state index in [2.05, 4.69) is 30.9 Å². The Kier molecular flexibility index (Phi) is 4.66. The highest BCUT2D eigenvalue weighted by atomic mass is 79.9. The first-order chi connectivity index (χ1) is 11.1. The number of ether oxygens (including phenoxy) is 1. The molecule has 0 aliphatic carbocycles. The molecule has 1 aliphatic rings. The fourth-order valence-electron chi connectivity index (χ4n) is 2.55. The van der Waals surface area contributed by atoms with Crippen molar-refractivity contribution in [1.29, 1.82) is 0 Å². The summed E-state index contributed by atoms with van der Waals surface area (Å²) >= 11 is 3.53.